The monoisotopic (exact) mass is 841 g/mol. The quantitative estimate of drug-likeness (QED) is 0.0985. The Hall–Kier alpha value is -6.55. The average molecular weight is 842 g/mol. The van der Waals surface area contributed by atoms with Crippen molar-refractivity contribution < 1.29 is 40.6 Å². The molecule has 10 heteroatoms. The normalized spacial score (nSPS) is 18.4. The van der Waals surface area contributed by atoms with Crippen molar-refractivity contribution in [2.75, 3.05) is 11.4 Å². The van der Waals surface area contributed by atoms with Gasteiger partial charge in [0, 0.05) is 51.5 Å². The molecule has 0 aromatic heterocycles. The van der Waals surface area contributed by atoms with E-state index in [0.29, 0.717) is 34.2 Å². The van der Waals surface area contributed by atoms with Gasteiger partial charge < -0.3 is 14.4 Å². The number of fused-ring (bicyclic) bond motifs is 9. The van der Waals surface area contributed by atoms with Crippen LogP contribution < -0.4 is 9.64 Å². The smallest absolute Gasteiger partial charge is 0.416 e. The molecule has 3 aliphatic rings. The van der Waals surface area contributed by atoms with Gasteiger partial charge in [0.25, 0.3) is 0 Å². The first-order chi connectivity index (χ1) is 29.3. The van der Waals surface area contributed by atoms with Crippen LogP contribution in [0, 0.1) is 0 Å². The number of hydrogen-bond acceptors (Lipinski definition) is 4. The Bertz CT molecular complexity index is 2940. The van der Waals surface area contributed by atoms with Crippen molar-refractivity contribution in [3.05, 3.63) is 183 Å². The minimum absolute atomic E-state index is 0.0819. The highest BCUT2D eigenvalue weighted by molar-refractivity contribution is 6.04. The van der Waals surface area contributed by atoms with Crippen molar-refractivity contribution in [1.29, 1.82) is 0 Å². The first-order valence-corrected chi connectivity index (χ1v) is 20.3. The van der Waals surface area contributed by atoms with Crippen molar-refractivity contribution in [3.8, 4) is 22.6 Å². The van der Waals surface area contributed by atoms with Gasteiger partial charge >= 0.3 is 18.3 Å². The van der Waals surface area contributed by atoms with E-state index in [0.717, 1.165) is 40.2 Å². The predicted octanol–water partition coefficient (Wildman–Crippen LogP) is 14.9. The first kappa shape index (κ1) is 40.8. The summed E-state index contributed by atoms with van der Waals surface area (Å²) in [4.78, 5) is 16.1. The van der Waals surface area contributed by atoms with E-state index in [9.17, 15) is 31.1 Å². The number of carbonyl (C=O) groups is 1. The molecule has 0 amide bonds. The maximum absolute atomic E-state index is 14.2. The van der Waals surface area contributed by atoms with Crippen LogP contribution in [0.25, 0.3) is 27.5 Å². The second-order valence-corrected chi connectivity index (χ2v) is 16.8. The summed E-state index contributed by atoms with van der Waals surface area (Å²) in [5.74, 6) is 0.0212. The van der Waals surface area contributed by atoms with E-state index in [4.69, 9.17) is 9.47 Å². The number of alkyl halides is 6. The zero-order chi connectivity index (χ0) is 44.1. The molecule has 314 valence electrons. The standard InChI is InChI=1S/C52H41F6NO3/c1-7-29(3)21-30(4)36(8-2)31-17-20-45-43(24-31)49(5,6)28-59(45)35-18-19-42-46(26-35)61-47-38-14-10-9-13-37(38)40(32-22-33(51(53,54)55)25-34(23-32)52(56,57)58)27-44(47)50(42)41-16-12-11-15-39(41)48(60)62-50/h7-27H,28H2,1-6H3/b29-7-,30-21-,36-8-. The largest absolute Gasteiger partial charge is 0.456 e. The summed E-state index contributed by atoms with van der Waals surface area (Å²) in [6, 6.07) is 28.8. The van der Waals surface area contributed by atoms with E-state index in [-0.39, 0.29) is 39.5 Å². The zero-order valence-corrected chi connectivity index (χ0v) is 34.8. The van der Waals surface area contributed by atoms with Gasteiger partial charge in [-0.25, -0.2) is 4.79 Å². The predicted molar refractivity (Wildman–Crippen MR) is 231 cm³/mol. The fraction of sp³-hybridized carbons (Fsp3) is 0.212. The molecule has 0 saturated carbocycles. The number of esters is 1. The highest BCUT2D eigenvalue weighted by atomic mass is 19.4. The van der Waals surface area contributed by atoms with Crippen molar-refractivity contribution in [3.63, 3.8) is 0 Å². The van der Waals surface area contributed by atoms with Crippen LogP contribution in [0.15, 0.2) is 139 Å². The molecule has 1 spiro atoms. The molecular weight excluding hydrogens is 801 g/mol. The Labute approximate surface area is 355 Å². The van der Waals surface area contributed by atoms with Crippen LogP contribution in [0.1, 0.15) is 90.8 Å². The molecular formula is C52H41F6NO3. The van der Waals surface area contributed by atoms with E-state index in [1.54, 1.807) is 48.5 Å². The molecule has 0 aliphatic carbocycles. The third-order valence-electron chi connectivity index (χ3n) is 12.4. The summed E-state index contributed by atoms with van der Waals surface area (Å²) < 4.78 is 98.6. The second kappa shape index (κ2) is 14.3. The molecule has 6 aromatic rings. The van der Waals surface area contributed by atoms with Crippen LogP contribution in [0.5, 0.6) is 11.5 Å². The molecule has 0 saturated heterocycles. The Morgan fingerprint density at radius 3 is 2.05 bits per heavy atom. The van der Waals surface area contributed by atoms with E-state index >= 15 is 0 Å². The second-order valence-electron chi connectivity index (χ2n) is 16.8. The summed E-state index contributed by atoms with van der Waals surface area (Å²) >= 11 is 0. The van der Waals surface area contributed by atoms with Crippen LogP contribution in [0.2, 0.25) is 0 Å². The highest BCUT2D eigenvalue weighted by Crippen LogP contribution is 2.60. The third-order valence-corrected chi connectivity index (χ3v) is 12.4. The van der Waals surface area contributed by atoms with Gasteiger partial charge in [0.1, 0.15) is 11.5 Å². The molecule has 9 rings (SSSR count). The number of allylic oxidation sites excluding steroid dienone is 6. The number of anilines is 2. The van der Waals surface area contributed by atoms with Gasteiger partial charge in [-0.3, -0.25) is 0 Å². The third kappa shape index (κ3) is 6.41. The van der Waals surface area contributed by atoms with Crippen molar-refractivity contribution in [2.24, 2.45) is 0 Å². The van der Waals surface area contributed by atoms with Crippen molar-refractivity contribution in [2.45, 2.75) is 64.9 Å². The summed E-state index contributed by atoms with van der Waals surface area (Å²) in [6.07, 6.45) is -3.74. The minimum atomic E-state index is -5.06. The molecule has 1 atom stereocenters. The number of carbonyl (C=O) groups excluding carboxylic acids is 1. The molecule has 0 radical (unpaired) electrons. The fourth-order valence-electron chi connectivity index (χ4n) is 9.40. The lowest BCUT2D eigenvalue weighted by molar-refractivity contribution is -0.143. The van der Waals surface area contributed by atoms with Gasteiger partial charge in [-0.05, 0) is 121 Å². The van der Waals surface area contributed by atoms with E-state index in [2.05, 4.69) is 69.0 Å². The Kier molecular flexibility index (Phi) is 9.39. The van der Waals surface area contributed by atoms with Crippen molar-refractivity contribution >= 4 is 33.7 Å². The molecule has 6 aromatic carbocycles. The molecule has 62 heavy (non-hydrogen) atoms. The summed E-state index contributed by atoms with van der Waals surface area (Å²) in [7, 11) is 0. The molecule has 3 heterocycles. The summed E-state index contributed by atoms with van der Waals surface area (Å²) in [5, 5.41) is 0.763. The SMILES string of the molecule is C\C=C(C)/C=C(C)\C(=C\C)c1ccc2c(c1)C(C)(C)CN2c1ccc2c(c1)Oc1c(cc(-c3cc(C(F)(F)F)cc(C(F)(F)F)c3)c3ccccc13)C21OC(=O)c2ccccc21. The Morgan fingerprint density at radius 1 is 0.694 bits per heavy atom. The Balaban J connectivity index is 1.24. The lowest BCUT2D eigenvalue weighted by Crippen LogP contribution is -2.33. The maximum atomic E-state index is 14.2. The number of ether oxygens (including phenoxy) is 2. The average Bonchev–Trinajstić information content (AvgIpc) is 3.69. The number of benzene rings is 6. The topological polar surface area (TPSA) is 38.8 Å². The van der Waals surface area contributed by atoms with Gasteiger partial charge in [-0.2, -0.15) is 26.3 Å². The zero-order valence-electron chi connectivity index (χ0n) is 34.8. The minimum Gasteiger partial charge on any atom is -0.456 e. The molecule has 0 N–H and O–H groups in total. The molecule has 3 aliphatic heterocycles. The molecule has 1 unspecified atom stereocenters. The molecule has 0 bridgehead atoms. The highest BCUT2D eigenvalue weighted by Gasteiger charge is 2.54. The maximum Gasteiger partial charge on any atom is 0.416 e. The van der Waals surface area contributed by atoms with Gasteiger partial charge in [0.05, 0.1) is 16.7 Å². The van der Waals surface area contributed by atoms with E-state index in [1.165, 1.54) is 17.2 Å². The first-order valence-electron chi connectivity index (χ1n) is 20.3. The van der Waals surface area contributed by atoms with Crippen LogP contribution in [-0.4, -0.2) is 12.5 Å². The lowest BCUT2D eigenvalue weighted by Gasteiger charge is -2.38. The lowest BCUT2D eigenvalue weighted by atomic mass is 9.75. The van der Waals surface area contributed by atoms with Crippen LogP contribution in [0.4, 0.5) is 37.7 Å². The molecule has 0 fully saturated rings. The fourth-order valence-corrected chi connectivity index (χ4v) is 9.40. The molecule has 4 nitrogen and oxygen atoms in total. The van der Waals surface area contributed by atoms with Crippen LogP contribution in [-0.2, 0) is 28.1 Å². The number of halogens is 6. The van der Waals surface area contributed by atoms with Gasteiger partial charge in [-0.15, -0.1) is 0 Å². The Morgan fingerprint density at radius 2 is 1.37 bits per heavy atom. The van der Waals surface area contributed by atoms with Crippen molar-refractivity contribution in [1.82, 2.24) is 0 Å². The van der Waals surface area contributed by atoms with Gasteiger partial charge in [0.2, 0.25) is 0 Å². The van der Waals surface area contributed by atoms with Crippen LogP contribution >= 0.6 is 0 Å². The summed E-state index contributed by atoms with van der Waals surface area (Å²) in [6.45, 7) is 13.3. The van der Waals surface area contributed by atoms with E-state index < -0.39 is 35.0 Å². The van der Waals surface area contributed by atoms with Crippen LogP contribution in [0.3, 0.4) is 0 Å². The number of nitrogens with zero attached hydrogens (tertiary/aromatic N) is 1. The summed E-state index contributed by atoms with van der Waals surface area (Å²) in [5.41, 5.74) is 4.04. The number of rotatable bonds is 5. The van der Waals surface area contributed by atoms with E-state index in [1.807, 2.05) is 32.0 Å². The van der Waals surface area contributed by atoms with Gasteiger partial charge in [-0.1, -0.05) is 86.2 Å². The van der Waals surface area contributed by atoms with Gasteiger partial charge in [0.15, 0.2) is 5.60 Å². The number of hydrogen-bond donors (Lipinski definition) is 0.